The number of hydrogen-bond donors (Lipinski definition) is 0. The second-order valence-electron chi connectivity index (χ2n) is 3.38. The van der Waals surface area contributed by atoms with E-state index >= 15 is 0 Å². The molecule has 15 heavy (non-hydrogen) atoms. The predicted molar refractivity (Wildman–Crippen MR) is 68.4 cm³/mol. The molecule has 2 rings (SSSR count). The SMILES string of the molecule is Fc1c(I)cccc1Cc1ccccc1. The van der Waals surface area contributed by atoms with Gasteiger partial charge in [0.05, 0.1) is 0 Å². The maximum atomic E-state index is 13.7. The maximum Gasteiger partial charge on any atom is 0.140 e. The molecule has 0 aliphatic heterocycles. The minimum atomic E-state index is -0.0954. The largest absolute Gasteiger partial charge is 0.206 e. The summed E-state index contributed by atoms with van der Waals surface area (Å²) in [5, 5.41) is 0. The van der Waals surface area contributed by atoms with Crippen LogP contribution in [-0.4, -0.2) is 0 Å². The van der Waals surface area contributed by atoms with Crippen LogP contribution in [0.4, 0.5) is 4.39 Å². The van der Waals surface area contributed by atoms with Crippen molar-refractivity contribution in [1.29, 1.82) is 0 Å². The molecule has 0 aliphatic rings. The Bertz CT molecular complexity index is 451. The molecular formula is C13H10FI. The molecule has 0 aliphatic carbocycles. The normalized spacial score (nSPS) is 10.3. The fourth-order valence-corrected chi connectivity index (χ4v) is 2.05. The molecule has 0 spiro atoms. The zero-order valence-corrected chi connectivity index (χ0v) is 10.2. The van der Waals surface area contributed by atoms with Crippen molar-refractivity contribution in [2.24, 2.45) is 0 Å². The molecule has 0 bridgehead atoms. The molecule has 0 N–H and O–H groups in total. The zero-order chi connectivity index (χ0) is 10.7. The lowest BCUT2D eigenvalue weighted by Gasteiger charge is -2.04. The fraction of sp³-hybridized carbons (Fsp3) is 0.0769. The summed E-state index contributed by atoms with van der Waals surface area (Å²) in [6.07, 6.45) is 0.656. The van der Waals surface area contributed by atoms with E-state index in [1.54, 1.807) is 6.07 Å². The molecule has 2 aromatic carbocycles. The first-order valence-electron chi connectivity index (χ1n) is 4.74. The second kappa shape index (κ2) is 4.75. The molecule has 0 saturated heterocycles. The smallest absolute Gasteiger partial charge is 0.140 e. The predicted octanol–water partition coefficient (Wildman–Crippen LogP) is 4.02. The molecule has 76 valence electrons. The minimum Gasteiger partial charge on any atom is -0.206 e. The summed E-state index contributed by atoms with van der Waals surface area (Å²) in [5.74, 6) is -0.0954. The highest BCUT2D eigenvalue weighted by atomic mass is 127. The first-order valence-corrected chi connectivity index (χ1v) is 5.82. The molecular weight excluding hydrogens is 302 g/mol. The fourth-order valence-electron chi connectivity index (χ4n) is 1.50. The van der Waals surface area contributed by atoms with E-state index in [0.29, 0.717) is 9.99 Å². The summed E-state index contributed by atoms with van der Waals surface area (Å²) < 4.78 is 14.4. The molecule has 2 heteroatoms. The van der Waals surface area contributed by atoms with E-state index in [4.69, 9.17) is 0 Å². The van der Waals surface area contributed by atoms with Crippen molar-refractivity contribution in [2.75, 3.05) is 0 Å². The summed E-state index contributed by atoms with van der Waals surface area (Å²) in [6.45, 7) is 0. The summed E-state index contributed by atoms with van der Waals surface area (Å²) >= 11 is 2.02. The Hall–Kier alpha value is -0.900. The third-order valence-electron chi connectivity index (χ3n) is 2.27. The standard InChI is InChI=1S/C13H10FI/c14-13-11(7-4-8-12(13)15)9-10-5-2-1-3-6-10/h1-8H,9H2. The van der Waals surface area contributed by atoms with Crippen LogP contribution in [0.25, 0.3) is 0 Å². The second-order valence-corrected chi connectivity index (χ2v) is 4.54. The highest BCUT2D eigenvalue weighted by Crippen LogP contribution is 2.17. The van der Waals surface area contributed by atoms with Crippen molar-refractivity contribution >= 4 is 22.6 Å². The van der Waals surface area contributed by atoms with E-state index in [0.717, 1.165) is 11.1 Å². The lowest BCUT2D eigenvalue weighted by Crippen LogP contribution is -1.94. The average molecular weight is 312 g/mol. The van der Waals surface area contributed by atoms with Crippen LogP contribution in [-0.2, 0) is 6.42 Å². The van der Waals surface area contributed by atoms with Gasteiger partial charge in [-0.15, -0.1) is 0 Å². The van der Waals surface area contributed by atoms with Gasteiger partial charge in [0, 0.05) is 9.99 Å². The highest BCUT2D eigenvalue weighted by Gasteiger charge is 2.05. The first kappa shape index (κ1) is 10.6. The highest BCUT2D eigenvalue weighted by molar-refractivity contribution is 14.1. The van der Waals surface area contributed by atoms with Crippen molar-refractivity contribution < 1.29 is 4.39 Å². The van der Waals surface area contributed by atoms with Gasteiger partial charge in [0.1, 0.15) is 5.82 Å². The van der Waals surface area contributed by atoms with Gasteiger partial charge in [-0.2, -0.15) is 0 Å². The number of rotatable bonds is 2. The van der Waals surface area contributed by atoms with Crippen LogP contribution >= 0.6 is 22.6 Å². The van der Waals surface area contributed by atoms with Crippen LogP contribution < -0.4 is 0 Å². The first-order chi connectivity index (χ1) is 7.27. The van der Waals surface area contributed by atoms with Gasteiger partial charge in [-0.05, 0) is 39.8 Å². The Kier molecular flexibility index (Phi) is 3.36. The molecule has 0 aromatic heterocycles. The lowest BCUT2D eigenvalue weighted by molar-refractivity contribution is 0.606. The molecule has 0 amide bonds. The maximum absolute atomic E-state index is 13.7. The third kappa shape index (κ3) is 2.56. The third-order valence-corrected chi connectivity index (χ3v) is 3.10. The van der Waals surface area contributed by atoms with Crippen molar-refractivity contribution in [3.63, 3.8) is 0 Å². The van der Waals surface area contributed by atoms with Gasteiger partial charge in [0.2, 0.25) is 0 Å². The van der Waals surface area contributed by atoms with Gasteiger partial charge in [0.25, 0.3) is 0 Å². The van der Waals surface area contributed by atoms with Gasteiger partial charge in [-0.3, -0.25) is 0 Å². The number of halogens is 2. The van der Waals surface area contributed by atoms with Gasteiger partial charge in [-0.25, -0.2) is 4.39 Å². The number of hydrogen-bond acceptors (Lipinski definition) is 0. The molecule has 0 fully saturated rings. The van der Waals surface area contributed by atoms with E-state index in [-0.39, 0.29) is 5.82 Å². The quantitative estimate of drug-likeness (QED) is 0.735. The van der Waals surface area contributed by atoms with E-state index < -0.39 is 0 Å². The zero-order valence-electron chi connectivity index (χ0n) is 8.08. The van der Waals surface area contributed by atoms with Gasteiger partial charge < -0.3 is 0 Å². The summed E-state index contributed by atoms with van der Waals surface area (Å²) in [6, 6.07) is 15.5. The molecule has 0 saturated carbocycles. The molecule has 0 nitrogen and oxygen atoms in total. The molecule has 0 heterocycles. The van der Waals surface area contributed by atoms with Gasteiger partial charge in [-0.1, -0.05) is 42.5 Å². The van der Waals surface area contributed by atoms with Crippen LogP contribution in [0.5, 0.6) is 0 Å². The van der Waals surface area contributed by atoms with Crippen molar-refractivity contribution in [1.82, 2.24) is 0 Å². The average Bonchev–Trinajstić information content (AvgIpc) is 2.26. The Balaban J connectivity index is 2.29. The van der Waals surface area contributed by atoms with Crippen molar-refractivity contribution in [2.45, 2.75) is 6.42 Å². The Morgan fingerprint density at radius 2 is 1.67 bits per heavy atom. The Labute approximate surface area is 102 Å². The lowest BCUT2D eigenvalue weighted by atomic mass is 10.0. The van der Waals surface area contributed by atoms with E-state index in [9.17, 15) is 4.39 Å². The van der Waals surface area contributed by atoms with Gasteiger partial charge in [0.15, 0.2) is 0 Å². The van der Waals surface area contributed by atoms with E-state index in [2.05, 4.69) is 0 Å². The van der Waals surface area contributed by atoms with Crippen LogP contribution in [0, 0.1) is 9.39 Å². The van der Waals surface area contributed by atoms with E-state index in [1.807, 2.05) is 65.1 Å². The summed E-state index contributed by atoms with van der Waals surface area (Å²) in [4.78, 5) is 0. The molecule has 0 atom stereocenters. The van der Waals surface area contributed by atoms with Crippen LogP contribution in [0.3, 0.4) is 0 Å². The van der Waals surface area contributed by atoms with Gasteiger partial charge >= 0.3 is 0 Å². The summed E-state index contributed by atoms with van der Waals surface area (Å²) in [7, 11) is 0. The van der Waals surface area contributed by atoms with Crippen LogP contribution in [0.2, 0.25) is 0 Å². The van der Waals surface area contributed by atoms with Crippen molar-refractivity contribution in [3.05, 3.63) is 69.0 Å². The molecule has 0 radical (unpaired) electrons. The Morgan fingerprint density at radius 3 is 2.40 bits per heavy atom. The molecule has 0 unspecified atom stereocenters. The van der Waals surface area contributed by atoms with E-state index in [1.165, 1.54) is 0 Å². The van der Waals surface area contributed by atoms with Crippen LogP contribution in [0.1, 0.15) is 11.1 Å². The van der Waals surface area contributed by atoms with Crippen molar-refractivity contribution in [3.8, 4) is 0 Å². The Morgan fingerprint density at radius 1 is 0.933 bits per heavy atom. The summed E-state index contributed by atoms with van der Waals surface area (Å²) in [5.41, 5.74) is 1.89. The monoisotopic (exact) mass is 312 g/mol. The topological polar surface area (TPSA) is 0 Å². The minimum absolute atomic E-state index is 0.0954. The molecule has 2 aromatic rings. The van der Waals surface area contributed by atoms with Crippen LogP contribution in [0.15, 0.2) is 48.5 Å². The number of benzene rings is 2.